The molecule has 1 amide bonds. The molecule has 0 aliphatic carbocycles. The van der Waals surface area contributed by atoms with Gasteiger partial charge in [0.05, 0.1) is 5.69 Å². The maximum absolute atomic E-state index is 12.6. The average Bonchev–Trinajstić information content (AvgIpc) is 2.73. The molecule has 0 saturated carbocycles. The lowest BCUT2D eigenvalue weighted by atomic mass is 9.99. The van der Waals surface area contributed by atoms with Crippen LogP contribution in [0.1, 0.15) is 21.5 Å². The highest BCUT2D eigenvalue weighted by Gasteiger charge is 2.13. The number of rotatable bonds is 5. The first kappa shape index (κ1) is 18.9. The quantitative estimate of drug-likeness (QED) is 0.604. The van der Waals surface area contributed by atoms with Crippen molar-refractivity contribution >= 4 is 34.3 Å². The fourth-order valence-electron chi connectivity index (χ4n) is 3.21. The summed E-state index contributed by atoms with van der Waals surface area (Å²) in [5, 5.41) is 6.15. The number of fused-ring (bicyclic) bond motifs is 1. The van der Waals surface area contributed by atoms with Gasteiger partial charge >= 0.3 is 0 Å². The Labute approximate surface area is 171 Å². The van der Waals surface area contributed by atoms with Crippen molar-refractivity contribution in [1.82, 2.24) is 10.3 Å². The normalized spacial score (nSPS) is 13.1. The molecule has 1 aromatic heterocycles. The Morgan fingerprint density at radius 2 is 1.93 bits per heavy atom. The van der Waals surface area contributed by atoms with Gasteiger partial charge in [-0.25, -0.2) is 4.21 Å². The molecular formula is C22H20N4O2S. The molecule has 146 valence electrons. The monoisotopic (exact) mass is 404 g/mol. The predicted octanol–water partition coefficient (Wildman–Crippen LogP) is 3.78. The van der Waals surface area contributed by atoms with Crippen molar-refractivity contribution in [2.24, 2.45) is 0 Å². The molecule has 1 unspecified atom stereocenters. The fraction of sp³-hybridized carbons (Fsp3) is 0.0909. The van der Waals surface area contributed by atoms with E-state index in [4.69, 9.17) is 0 Å². The Kier molecular flexibility index (Phi) is 5.39. The molecule has 3 N–H and O–H groups in total. The first-order chi connectivity index (χ1) is 14.1. The van der Waals surface area contributed by atoms with Gasteiger partial charge in [0.15, 0.2) is 0 Å². The van der Waals surface area contributed by atoms with Gasteiger partial charge in [-0.15, -0.1) is 0 Å². The molecule has 3 aromatic rings. The van der Waals surface area contributed by atoms with E-state index in [9.17, 15) is 9.00 Å². The second-order valence-corrected chi connectivity index (χ2v) is 7.72. The van der Waals surface area contributed by atoms with Crippen LogP contribution in [0.2, 0.25) is 0 Å². The van der Waals surface area contributed by atoms with Gasteiger partial charge in [-0.1, -0.05) is 12.1 Å². The minimum absolute atomic E-state index is 0.209. The highest BCUT2D eigenvalue weighted by atomic mass is 32.2. The van der Waals surface area contributed by atoms with Crippen LogP contribution in [0.25, 0.3) is 17.3 Å². The minimum atomic E-state index is -1.15. The Balaban J connectivity index is 1.55. The van der Waals surface area contributed by atoms with Crippen LogP contribution in [0.15, 0.2) is 67.0 Å². The molecule has 2 aromatic carbocycles. The van der Waals surface area contributed by atoms with Crippen molar-refractivity contribution in [3.63, 3.8) is 0 Å². The molecular weight excluding hydrogens is 384 g/mol. The summed E-state index contributed by atoms with van der Waals surface area (Å²) in [7, 11) is -1.15. The van der Waals surface area contributed by atoms with Crippen LogP contribution in [0, 0.1) is 0 Å². The zero-order valence-corrected chi connectivity index (χ0v) is 16.6. The number of anilines is 2. The first-order valence-corrected chi connectivity index (χ1v) is 10.7. The standard InChI is InChI=1S/C22H20N4O2S/c1-29(28)26-18-7-5-16(6-8-18)22(27)25-19-4-2-3-17(13-19)21-20-14-23-11-9-15(20)10-12-24-21/h2-13,23,26H,14H2,1H3,(H,25,27). The molecule has 1 atom stereocenters. The lowest BCUT2D eigenvalue weighted by molar-refractivity contribution is 0.102. The number of carbonyl (C=O) groups is 1. The summed E-state index contributed by atoms with van der Waals surface area (Å²) in [5.74, 6) is -0.209. The van der Waals surface area contributed by atoms with Crippen LogP contribution < -0.4 is 15.4 Å². The molecule has 1 aliphatic rings. The van der Waals surface area contributed by atoms with E-state index in [0.29, 0.717) is 23.5 Å². The molecule has 0 saturated heterocycles. The Hall–Kier alpha value is -3.45. The number of nitrogens with zero attached hydrogens (tertiary/aromatic N) is 1. The molecule has 29 heavy (non-hydrogen) atoms. The van der Waals surface area contributed by atoms with Gasteiger partial charge in [0.2, 0.25) is 0 Å². The largest absolute Gasteiger partial charge is 0.387 e. The summed E-state index contributed by atoms with van der Waals surface area (Å²) >= 11 is 0. The molecule has 0 spiro atoms. The maximum Gasteiger partial charge on any atom is 0.255 e. The van der Waals surface area contributed by atoms with Gasteiger partial charge in [-0.05, 0) is 60.3 Å². The number of nitrogens with one attached hydrogen (secondary N) is 3. The van der Waals surface area contributed by atoms with E-state index in [-0.39, 0.29) is 5.91 Å². The van der Waals surface area contributed by atoms with E-state index in [2.05, 4.69) is 20.3 Å². The second kappa shape index (κ2) is 8.28. The summed E-state index contributed by atoms with van der Waals surface area (Å²) in [6, 6.07) is 16.5. The van der Waals surface area contributed by atoms with E-state index in [1.165, 1.54) is 0 Å². The van der Waals surface area contributed by atoms with Crippen LogP contribution in [0.3, 0.4) is 0 Å². The van der Waals surface area contributed by atoms with Crippen LogP contribution >= 0.6 is 0 Å². The number of hydrogen-bond acceptors (Lipinski definition) is 4. The molecule has 1 aliphatic heterocycles. The predicted molar refractivity (Wildman–Crippen MR) is 118 cm³/mol. The van der Waals surface area contributed by atoms with E-state index in [0.717, 1.165) is 22.4 Å². The zero-order chi connectivity index (χ0) is 20.2. The third kappa shape index (κ3) is 4.35. The minimum Gasteiger partial charge on any atom is -0.387 e. The SMILES string of the molecule is CS(=O)Nc1ccc(C(=O)Nc2cccc(-c3nccc4c3CNC=C4)c2)cc1. The zero-order valence-electron chi connectivity index (χ0n) is 15.8. The molecule has 0 fully saturated rings. The molecule has 6 nitrogen and oxygen atoms in total. The molecule has 4 rings (SSSR count). The Morgan fingerprint density at radius 1 is 1.10 bits per heavy atom. The van der Waals surface area contributed by atoms with Gasteiger partial charge in [0.25, 0.3) is 5.91 Å². The van der Waals surface area contributed by atoms with Gasteiger partial charge in [-0.2, -0.15) is 0 Å². The number of pyridine rings is 1. The lowest BCUT2D eigenvalue weighted by Crippen LogP contribution is -2.13. The van der Waals surface area contributed by atoms with Crippen LogP contribution in [-0.4, -0.2) is 21.4 Å². The molecule has 0 radical (unpaired) electrons. The number of benzene rings is 2. The van der Waals surface area contributed by atoms with Crippen molar-refractivity contribution in [1.29, 1.82) is 0 Å². The summed E-state index contributed by atoms with van der Waals surface area (Å²) in [6.07, 6.45) is 7.32. The smallest absolute Gasteiger partial charge is 0.255 e. The van der Waals surface area contributed by atoms with Crippen molar-refractivity contribution in [2.75, 3.05) is 16.3 Å². The highest BCUT2D eigenvalue weighted by molar-refractivity contribution is 7.85. The summed E-state index contributed by atoms with van der Waals surface area (Å²) in [4.78, 5) is 17.2. The fourth-order valence-corrected chi connectivity index (χ4v) is 3.68. The van der Waals surface area contributed by atoms with Crippen LogP contribution in [0.4, 0.5) is 11.4 Å². The number of amides is 1. The Bertz CT molecular complexity index is 1110. The summed E-state index contributed by atoms with van der Waals surface area (Å²) in [5.41, 5.74) is 6.04. The number of hydrogen-bond donors (Lipinski definition) is 3. The average molecular weight is 404 g/mol. The Morgan fingerprint density at radius 3 is 2.72 bits per heavy atom. The van der Waals surface area contributed by atoms with Gasteiger partial charge in [-0.3, -0.25) is 9.78 Å². The lowest BCUT2D eigenvalue weighted by Gasteiger charge is -2.16. The van der Waals surface area contributed by atoms with E-state index in [1.807, 2.05) is 42.6 Å². The van der Waals surface area contributed by atoms with Gasteiger partial charge in [0, 0.05) is 47.1 Å². The number of aromatic nitrogens is 1. The molecule has 0 bridgehead atoms. The van der Waals surface area contributed by atoms with Gasteiger partial charge < -0.3 is 15.4 Å². The van der Waals surface area contributed by atoms with Crippen LogP contribution in [-0.2, 0) is 17.5 Å². The topological polar surface area (TPSA) is 83.1 Å². The summed E-state index contributed by atoms with van der Waals surface area (Å²) in [6.45, 7) is 0.717. The van der Waals surface area contributed by atoms with Crippen molar-refractivity contribution in [3.05, 3.63) is 83.7 Å². The maximum atomic E-state index is 12.6. The third-order valence-corrected chi connectivity index (χ3v) is 5.08. The van der Waals surface area contributed by atoms with Crippen molar-refractivity contribution < 1.29 is 9.00 Å². The van der Waals surface area contributed by atoms with E-state index in [1.54, 1.807) is 36.7 Å². The molecule has 7 heteroatoms. The molecule has 2 heterocycles. The van der Waals surface area contributed by atoms with Crippen molar-refractivity contribution in [3.8, 4) is 11.3 Å². The van der Waals surface area contributed by atoms with Crippen LogP contribution in [0.5, 0.6) is 0 Å². The third-order valence-electron chi connectivity index (χ3n) is 4.55. The first-order valence-electron chi connectivity index (χ1n) is 9.10. The highest BCUT2D eigenvalue weighted by Crippen LogP contribution is 2.28. The summed E-state index contributed by atoms with van der Waals surface area (Å²) < 4.78 is 14.0. The van der Waals surface area contributed by atoms with Gasteiger partial charge in [0.1, 0.15) is 11.0 Å². The van der Waals surface area contributed by atoms with Crippen molar-refractivity contribution in [2.45, 2.75) is 6.54 Å². The second-order valence-electron chi connectivity index (χ2n) is 6.61. The number of carbonyl (C=O) groups excluding carboxylic acids is 1. The van der Waals surface area contributed by atoms with E-state index >= 15 is 0 Å². The van der Waals surface area contributed by atoms with E-state index < -0.39 is 11.0 Å².